The molecule has 2 nitrogen and oxygen atoms in total. The van der Waals surface area contributed by atoms with Gasteiger partial charge < -0.3 is 0 Å². The molecular formula is C25H19ClN2. The van der Waals surface area contributed by atoms with Crippen molar-refractivity contribution in [2.45, 2.75) is 19.3 Å². The van der Waals surface area contributed by atoms with Crippen LogP contribution in [0.25, 0.3) is 33.8 Å². The highest BCUT2D eigenvalue weighted by Gasteiger charge is 2.36. The Morgan fingerprint density at radius 3 is 2.21 bits per heavy atom. The summed E-state index contributed by atoms with van der Waals surface area (Å²) in [6.07, 6.45) is 0. The van der Waals surface area contributed by atoms with Gasteiger partial charge in [-0.2, -0.15) is 0 Å². The smallest absolute Gasteiger partial charge is 0.161 e. The Balaban J connectivity index is 1.77. The first kappa shape index (κ1) is 17.2. The summed E-state index contributed by atoms with van der Waals surface area (Å²) in [6.45, 7) is 4.56. The van der Waals surface area contributed by atoms with Gasteiger partial charge in [0.05, 0.1) is 5.69 Å². The first-order valence-electron chi connectivity index (χ1n) is 9.39. The highest BCUT2D eigenvalue weighted by Crippen LogP contribution is 2.51. The zero-order valence-electron chi connectivity index (χ0n) is 15.8. The Hall–Kier alpha value is -2.97. The molecular weight excluding hydrogens is 364 g/mol. The zero-order chi connectivity index (χ0) is 19.3. The summed E-state index contributed by atoms with van der Waals surface area (Å²) in [4.78, 5) is 9.33. The molecule has 0 saturated heterocycles. The molecule has 0 bridgehead atoms. The zero-order valence-corrected chi connectivity index (χ0v) is 16.5. The second-order valence-electron chi connectivity index (χ2n) is 7.66. The Labute approximate surface area is 169 Å². The van der Waals surface area contributed by atoms with Gasteiger partial charge in [-0.3, -0.25) is 0 Å². The third-order valence-electron chi connectivity index (χ3n) is 5.61. The second kappa shape index (κ2) is 6.29. The molecule has 0 aliphatic heterocycles. The van der Waals surface area contributed by atoms with E-state index in [9.17, 15) is 0 Å². The predicted octanol–water partition coefficient (Wildman–Crippen LogP) is 6.77. The lowest BCUT2D eigenvalue weighted by atomic mass is 9.82. The lowest BCUT2D eigenvalue weighted by molar-refractivity contribution is 0.660. The highest BCUT2D eigenvalue weighted by molar-refractivity contribution is 6.29. The molecule has 0 N–H and O–H groups in total. The van der Waals surface area contributed by atoms with Crippen molar-refractivity contribution in [1.82, 2.24) is 9.97 Å². The van der Waals surface area contributed by atoms with Gasteiger partial charge in [0.1, 0.15) is 5.15 Å². The van der Waals surface area contributed by atoms with E-state index < -0.39 is 0 Å². The van der Waals surface area contributed by atoms with E-state index in [4.69, 9.17) is 16.6 Å². The normalized spacial score (nSPS) is 13.8. The van der Waals surface area contributed by atoms with E-state index in [1.807, 2.05) is 36.4 Å². The van der Waals surface area contributed by atoms with Crippen molar-refractivity contribution in [1.29, 1.82) is 0 Å². The fraction of sp³-hybridized carbons (Fsp3) is 0.120. The molecule has 0 atom stereocenters. The highest BCUT2D eigenvalue weighted by atomic mass is 35.5. The third-order valence-corrected chi connectivity index (χ3v) is 5.80. The van der Waals surface area contributed by atoms with E-state index >= 15 is 0 Å². The third kappa shape index (κ3) is 2.56. The van der Waals surface area contributed by atoms with E-state index in [0.29, 0.717) is 11.0 Å². The molecule has 136 valence electrons. The number of rotatable bonds is 2. The predicted molar refractivity (Wildman–Crippen MR) is 115 cm³/mol. The minimum absolute atomic E-state index is 0.0407. The van der Waals surface area contributed by atoms with E-state index in [1.165, 1.54) is 22.3 Å². The van der Waals surface area contributed by atoms with E-state index in [-0.39, 0.29) is 5.41 Å². The van der Waals surface area contributed by atoms with Gasteiger partial charge in [-0.05, 0) is 22.3 Å². The molecule has 4 aromatic rings. The molecule has 0 radical (unpaired) electrons. The number of hydrogen-bond donors (Lipinski definition) is 0. The summed E-state index contributed by atoms with van der Waals surface area (Å²) in [6, 6.07) is 26.9. The van der Waals surface area contributed by atoms with Crippen molar-refractivity contribution in [3.8, 4) is 33.8 Å². The molecule has 1 aliphatic rings. The molecule has 0 spiro atoms. The number of benzene rings is 3. The van der Waals surface area contributed by atoms with Crippen LogP contribution in [0, 0.1) is 0 Å². The summed E-state index contributed by atoms with van der Waals surface area (Å²) in [5.41, 5.74) is 8.05. The molecule has 0 fully saturated rings. The molecule has 0 amide bonds. The molecule has 3 aromatic carbocycles. The fourth-order valence-electron chi connectivity index (χ4n) is 4.24. The Morgan fingerprint density at radius 2 is 1.39 bits per heavy atom. The van der Waals surface area contributed by atoms with Gasteiger partial charge in [-0.1, -0.05) is 98.2 Å². The Bertz CT molecular complexity index is 1200. The van der Waals surface area contributed by atoms with Gasteiger partial charge >= 0.3 is 0 Å². The summed E-state index contributed by atoms with van der Waals surface area (Å²) in [5, 5.41) is 0.451. The van der Waals surface area contributed by atoms with Crippen LogP contribution in [0.2, 0.25) is 5.15 Å². The monoisotopic (exact) mass is 382 g/mol. The SMILES string of the molecule is CC1(C)c2ccccc2-c2c(-c3cc(Cl)nc(-c4ccccc4)n3)cccc21. The van der Waals surface area contributed by atoms with Crippen LogP contribution in [0.3, 0.4) is 0 Å². The van der Waals surface area contributed by atoms with Crippen LogP contribution in [-0.2, 0) is 5.41 Å². The maximum atomic E-state index is 6.41. The van der Waals surface area contributed by atoms with Gasteiger partial charge in [0.15, 0.2) is 5.82 Å². The first-order chi connectivity index (χ1) is 13.6. The molecule has 0 saturated carbocycles. The largest absolute Gasteiger partial charge is 0.228 e. The topological polar surface area (TPSA) is 25.8 Å². The van der Waals surface area contributed by atoms with Crippen molar-refractivity contribution in [3.63, 3.8) is 0 Å². The molecule has 0 unspecified atom stereocenters. The van der Waals surface area contributed by atoms with Crippen LogP contribution in [-0.4, -0.2) is 9.97 Å². The lowest BCUT2D eigenvalue weighted by Gasteiger charge is -2.21. The molecule has 3 heteroatoms. The lowest BCUT2D eigenvalue weighted by Crippen LogP contribution is -2.14. The van der Waals surface area contributed by atoms with Crippen LogP contribution in [0.15, 0.2) is 78.9 Å². The summed E-state index contributed by atoms with van der Waals surface area (Å²) in [5.74, 6) is 0.645. The van der Waals surface area contributed by atoms with Crippen molar-refractivity contribution in [2.24, 2.45) is 0 Å². The van der Waals surface area contributed by atoms with Crippen molar-refractivity contribution < 1.29 is 0 Å². The fourth-order valence-corrected chi connectivity index (χ4v) is 4.42. The molecule has 28 heavy (non-hydrogen) atoms. The minimum atomic E-state index is -0.0407. The van der Waals surface area contributed by atoms with E-state index in [0.717, 1.165) is 16.8 Å². The standard InChI is InChI=1S/C25H19ClN2/c1-25(2)19-13-7-6-11-17(19)23-18(12-8-14-20(23)25)21-15-22(26)28-24(27-21)16-9-4-3-5-10-16/h3-15H,1-2H3. The van der Waals surface area contributed by atoms with E-state index in [1.54, 1.807) is 0 Å². The van der Waals surface area contributed by atoms with Gasteiger partial charge in [0, 0.05) is 22.6 Å². The van der Waals surface area contributed by atoms with Crippen molar-refractivity contribution in [2.75, 3.05) is 0 Å². The number of nitrogens with zero attached hydrogens (tertiary/aromatic N) is 2. The Morgan fingerprint density at radius 1 is 0.714 bits per heavy atom. The molecule has 1 heterocycles. The summed E-state index contributed by atoms with van der Waals surface area (Å²) in [7, 11) is 0. The average Bonchev–Trinajstić information content (AvgIpc) is 2.96. The van der Waals surface area contributed by atoms with Crippen molar-refractivity contribution in [3.05, 3.63) is 95.1 Å². The number of halogens is 1. The maximum absolute atomic E-state index is 6.41. The summed E-state index contributed by atoms with van der Waals surface area (Å²) < 4.78 is 0. The van der Waals surface area contributed by atoms with Gasteiger partial charge in [-0.15, -0.1) is 0 Å². The van der Waals surface area contributed by atoms with Gasteiger partial charge in [0.25, 0.3) is 0 Å². The van der Waals surface area contributed by atoms with E-state index in [2.05, 4.69) is 61.3 Å². The minimum Gasteiger partial charge on any atom is -0.228 e. The van der Waals surface area contributed by atoms with Crippen LogP contribution < -0.4 is 0 Å². The quantitative estimate of drug-likeness (QED) is 0.357. The molecule has 5 rings (SSSR count). The molecule has 1 aliphatic carbocycles. The van der Waals surface area contributed by atoms with Gasteiger partial charge in [0.2, 0.25) is 0 Å². The molecule has 1 aromatic heterocycles. The number of fused-ring (bicyclic) bond motifs is 3. The van der Waals surface area contributed by atoms with Crippen molar-refractivity contribution >= 4 is 11.6 Å². The maximum Gasteiger partial charge on any atom is 0.161 e. The van der Waals surface area contributed by atoms with Crippen LogP contribution in [0.4, 0.5) is 0 Å². The summed E-state index contributed by atoms with van der Waals surface area (Å²) >= 11 is 6.41. The number of hydrogen-bond acceptors (Lipinski definition) is 2. The second-order valence-corrected chi connectivity index (χ2v) is 8.05. The number of aromatic nitrogens is 2. The van der Waals surface area contributed by atoms with Crippen LogP contribution >= 0.6 is 11.6 Å². The van der Waals surface area contributed by atoms with Crippen LogP contribution in [0.1, 0.15) is 25.0 Å². The van der Waals surface area contributed by atoms with Crippen LogP contribution in [0.5, 0.6) is 0 Å². The average molecular weight is 383 g/mol. The van der Waals surface area contributed by atoms with Gasteiger partial charge in [-0.25, -0.2) is 9.97 Å². The Kier molecular flexibility index (Phi) is 3.85. The first-order valence-corrected chi connectivity index (χ1v) is 9.77.